The number of ketones is 1. The average molecular weight is 324 g/mol. The van der Waals surface area contributed by atoms with Crippen LogP contribution in [0, 0.1) is 0 Å². The van der Waals surface area contributed by atoms with Crippen LogP contribution < -0.4 is 5.32 Å². The van der Waals surface area contributed by atoms with Crippen molar-refractivity contribution in [1.29, 1.82) is 0 Å². The molecule has 1 saturated heterocycles. The summed E-state index contributed by atoms with van der Waals surface area (Å²) in [7, 11) is 0. The molecule has 1 rings (SSSR count). The number of hydrogen-bond acceptors (Lipinski definition) is 3. The quantitative estimate of drug-likeness (QED) is 0.410. The molecule has 3 nitrogen and oxygen atoms in total. The number of nitrogens with one attached hydrogen (secondary N) is 1. The van der Waals surface area contributed by atoms with Crippen molar-refractivity contribution in [2.75, 3.05) is 0 Å². The Labute approximate surface area is 142 Å². The lowest BCUT2D eigenvalue weighted by atomic mass is 9.96. The van der Waals surface area contributed by atoms with Gasteiger partial charge in [0.1, 0.15) is 5.78 Å². The lowest BCUT2D eigenvalue weighted by Gasteiger charge is -2.31. The topological polar surface area (TPSA) is 49.3 Å². The average Bonchev–Trinajstić information content (AvgIpc) is 2.51. The number of rotatable bonds is 12. The SMILES string of the molecule is CC(=O)CCCCCCCCCC/C=C/[C@@H]1CC[C@H](O)[C@H](C)N1. The summed E-state index contributed by atoms with van der Waals surface area (Å²) < 4.78 is 0. The normalized spacial score (nSPS) is 25.1. The van der Waals surface area contributed by atoms with Crippen LogP contribution in [0.15, 0.2) is 12.2 Å². The minimum atomic E-state index is -0.179. The summed E-state index contributed by atoms with van der Waals surface area (Å²) in [5.41, 5.74) is 0. The second kappa shape index (κ2) is 12.7. The van der Waals surface area contributed by atoms with E-state index in [0.29, 0.717) is 11.8 Å². The Kier molecular flexibility index (Phi) is 11.3. The Morgan fingerprint density at radius 3 is 2.26 bits per heavy atom. The fourth-order valence-electron chi connectivity index (χ4n) is 3.24. The van der Waals surface area contributed by atoms with Gasteiger partial charge in [-0.3, -0.25) is 0 Å². The zero-order valence-corrected chi connectivity index (χ0v) is 15.2. The lowest BCUT2D eigenvalue weighted by Crippen LogP contribution is -2.47. The molecule has 3 heteroatoms. The summed E-state index contributed by atoms with van der Waals surface area (Å²) in [6.45, 7) is 3.74. The van der Waals surface area contributed by atoms with Crippen molar-refractivity contribution in [3.63, 3.8) is 0 Å². The molecule has 0 spiro atoms. The monoisotopic (exact) mass is 323 g/mol. The first-order valence-electron chi connectivity index (χ1n) is 9.70. The molecular formula is C20H37NO2. The fourth-order valence-corrected chi connectivity index (χ4v) is 3.24. The van der Waals surface area contributed by atoms with Crippen molar-refractivity contribution < 1.29 is 9.90 Å². The molecule has 0 amide bonds. The number of aliphatic hydroxyl groups is 1. The molecule has 134 valence electrons. The van der Waals surface area contributed by atoms with Gasteiger partial charge in [0, 0.05) is 18.5 Å². The van der Waals surface area contributed by atoms with Crippen LogP contribution in [0.3, 0.4) is 0 Å². The summed E-state index contributed by atoms with van der Waals surface area (Å²) in [4.78, 5) is 10.8. The van der Waals surface area contributed by atoms with E-state index in [9.17, 15) is 9.90 Å². The number of aliphatic hydroxyl groups excluding tert-OH is 1. The molecule has 2 N–H and O–H groups in total. The highest BCUT2D eigenvalue weighted by Crippen LogP contribution is 2.15. The van der Waals surface area contributed by atoms with E-state index in [4.69, 9.17) is 0 Å². The first kappa shape index (κ1) is 20.4. The Morgan fingerprint density at radius 2 is 1.65 bits per heavy atom. The molecule has 0 aliphatic carbocycles. The Hall–Kier alpha value is -0.670. The summed E-state index contributed by atoms with van der Waals surface area (Å²) in [5, 5.41) is 13.1. The summed E-state index contributed by atoms with van der Waals surface area (Å²) in [6, 6.07) is 0.664. The van der Waals surface area contributed by atoms with Gasteiger partial charge in [0.2, 0.25) is 0 Å². The zero-order chi connectivity index (χ0) is 16.9. The van der Waals surface area contributed by atoms with E-state index in [0.717, 1.165) is 25.7 Å². The van der Waals surface area contributed by atoms with E-state index in [-0.39, 0.29) is 12.1 Å². The van der Waals surface area contributed by atoms with E-state index < -0.39 is 0 Å². The van der Waals surface area contributed by atoms with E-state index >= 15 is 0 Å². The number of Topliss-reactive ketones (excluding diaryl/α,β-unsaturated/α-hetero) is 1. The van der Waals surface area contributed by atoms with Crippen molar-refractivity contribution in [1.82, 2.24) is 5.32 Å². The molecule has 0 saturated carbocycles. The zero-order valence-electron chi connectivity index (χ0n) is 15.2. The molecule has 0 aromatic carbocycles. The molecule has 1 aliphatic rings. The number of carbonyl (C=O) groups excluding carboxylic acids is 1. The molecule has 1 heterocycles. The number of allylic oxidation sites excluding steroid dienone is 1. The predicted octanol–water partition coefficient (Wildman–Crippen LogP) is 4.53. The second-order valence-electron chi connectivity index (χ2n) is 7.20. The van der Waals surface area contributed by atoms with Crippen LogP contribution in [0.1, 0.15) is 90.9 Å². The number of hydrogen-bond donors (Lipinski definition) is 2. The van der Waals surface area contributed by atoms with Gasteiger partial charge in [0.05, 0.1) is 6.10 Å². The maximum atomic E-state index is 10.8. The third kappa shape index (κ3) is 10.7. The van der Waals surface area contributed by atoms with Gasteiger partial charge in [-0.1, -0.05) is 50.7 Å². The van der Waals surface area contributed by atoms with E-state index in [1.54, 1.807) is 6.92 Å². The molecule has 0 bridgehead atoms. The minimum absolute atomic E-state index is 0.179. The molecular weight excluding hydrogens is 286 g/mol. The molecule has 0 aromatic rings. The van der Waals surface area contributed by atoms with Crippen molar-refractivity contribution in [2.24, 2.45) is 0 Å². The fraction of sp³-hybridized carbons (Fsp3) is 0.850. The van der Waals surface area contributed by atoms with Crippen LogP contribution >= 0.6 is 0 Å². The molecule has 1 aliphatic heterocycles. The van der Waals surface area contributed by atoms with E-state index in [2.05, 4.69) is 24.4 Å². The van der Waals surface area contributed by atoms with Gasteiger partial charge in [0.15, 0.2) is 0 Å². The highest BCUT2D eigenvalue weighted by molar-refractivity contribution is 5.75. The summed E-state index contributed by atoms with van der Waals surface area (Å²) in [6.07, 6.45) is 18.5. The third-order valence-corrected chi connectivity index (χ3v) is 4.85. The highest BCUT2D eigenvalue weighted by Gasteiger charge is 2.22. The van der Waals surface area contributed by atoms with Crippen molar-refractivity contribution >= 4 is 5.78 Å². The van der Waals surface area contributed by atoms with Gasteiger partial charge in [-0.2, -0.15) is 0 Å². The van der Waals surface area contributed by atoms with Gasteiger partial charge in [-0.15, -0.1) is 0 Å². The first-order valence-corrected chi connectivity index (χ1v) is 9.70. The molecule has 3 atom stereocenters. The number of carbonyl (C=O) groups is 1. The van der Waals surface area contributed by atoms with Gasteiger partial charge >= 0.3 is 0 Å². The first-order chi connectivity index (χ1) is 11.1. The molecule has 1 fully saturated rings. The largest absolute Gasteiger partial charge is 0.392 e. The third-order valence-electron chi connectivity index (χ3n) is 4.85. The number of piperidine rings is 1. The Bertz CT molecular complexity index is 341. The van der Waals surface area contributed by atoms with Crippen LogP contribution in [0.2, 0.25) is 0 Å². The van der Waals surface area contributed by atoms with Crippen LogP contribution in [-0.4, -0.2) is 29.1 Å². The van der Waals surface area contributed by atoms with Gasteiger partial charge in [-0.05, 0) is 46.0 Å². The van der Waals surface area contributed by atoms with Crippen LogP contribution in [0.4, 0.5) is 0 Å². The van der Waals surface area contributed by atoms with Gasteiger partial charge < -0.3 is 15.2 Å². The van der Waals surface area contributed by atoms with Crippen molar-refractivity contribution in [2.45, 2.75) is 109 Å². The lowest BCUT2D eigenvalue weighted by molar-refractivity contribution is -0.117. The van der Waals surface area contributed by atoms with E-state index in [1.807, 2.05) is 0 Å². The van der Waals surface area contributed by atoms with Gasteiger partial charge in [-0.25, -0.2) is 0 Å². The minimum Gasteiger partial charge on any atom is -0.392 e. The standard InChI is InChI=1S/C20H37NO2/c1-17(22)13-11-9-7-5-3-4-6-8-10-12-14-19-15-16-20(23)18(2)21-19/h12,14,18-21,23H,3-11,13,15-16H2,1-2H3/b14-12+/t18-,19+,20-/m0/s1. The van der Waals surface area contributed by atoms with Crippen LogP contribution in [-0.2, 0) is 4.79 Å². The highest BCUT2D eigenvalue weighted by atomic mass is 16.3. The number of unbranched alkanes of at least 4 members (excludes halogenated alkanes) is 8. The summed E-state index contributed by atoms with van der Waals surface area (Å²) in [5.74, 6) is 0.326. The van der Waals surface area contributed by atoms with E-state index in [1.165, 1.54) is 51.4 Å². The molecule has 0 radical (unpaired) electrons. The maximum absolute atomic E-state index is 10.8. The van der Waals surface area contributed by atoms with Crippen molar-refractivity contribution in [3.05, 3.63) is 12.2 Å². The maximum Gasteiger partial charge on any atom is 0.129 e. The summed E-state index contributed by atoms with van der Waals surface area (Å²) >= 11 is 0. The molecule has 0 unspecified atom stereocenters. The smallest absolute Gasteiger partial charge is 0.129 e. The Balaban J connectivity index is 1.86. The Morgan fingerprint density at radius 1 is 1.04 bits per heavy atom. The van der Waals surface area contributed by atoms with Crippen molar-refractivity contribution in [3.8, 4) is 0 Å². The van der Waals surface area contributed by atoms with Gasteiger partial charge in [0.25, 0.3) is 0 Å². The van der Waals surface area contributed by atoms with Crippen LogP contribution in [0.25, 0.3) is 0 Å². The second-order valence-corrected chi connectivity index (χ2v) is 7.20. The predicted molar refractivity (Wildman–Crippen MR) is 97.6 cm³/mol. The molecule has 0 aromatic heterocycles. The van der Waals surface area contributed by atoms with Crippen LogP contribution in [0.5, 0.6) is 0 Å². The molecule has 23 heavy (non-hydrogen) atoms.